The molecule has 2 heterocycles. The topological polar surface area (TPSA) is 45.4 Å². The number of fused-ring (bicyclic) bond motifs is 1. The minimum absolute atomic E-state index is 0.203. The summed E-state index contributed by atoms with van der Waals surface area (Å²) in [5, 5.41) is 14.3. The molecule has 3 heteroatoms. The fourth-order valence-corrected chi connectivity index (χ4v) is 3.03. The van der Waals surface area contributed by atoms with E-state index in [0.29, 0.717) is 5.92 Å². The molecule has 18 heavy (non-hydrogen) atoms. The molecule has 1 aromatic carbocycles. The van der Waals surface area contributed by atoms with Crippen molar-refractivity contribution in [2.75, 3.05) is 19.7 Å². The molecule has 0 spiro atoms. The largest absolute Gasteiger partial charge is 0.464 e. The van der Waals surface area contributed by atoms with Crippen LogP contribution in [0, 0.1) is 5.92 Å². The molecule has 1 aliphatic rings. The smallest absolute Gasteiger partial charge is 0.134 e. The summed E-state index contributed by atoms with van der Waals surface area (Å²) in [7, 11) is 0. The van der Waals surface area contributed by atoms with Gasteiger partial charge in [0.15, 0.2) is 0 Å². The average Bonchev–Trinajstić information content (AvgIpc) is 2.85. The number of benzene rings is 1. The Morgan fingerprint density at radius 3 is 2.83 bits per heavy atom. The van der Waals surface area contributed by atoms with E-state index in [9.17, 15) is 5.11 Å². The fourth-order valence-electron chi connectivity index (χ4n) is 3.03. The lowest BCUT2D eigenvalue weighted by Gasteiger charge is -2.29. The Labute approximate surface area is 107 Å². The molecule has 0 aliphatic carbocycles. The van der Waals surface area contributed by atoms with E-state index in [1.807, 2.05) is 24.5 Å². The van der Waals surface area contributed by atoms with Gasteiger partial charge in [-0.2, -0.15) is 0 Å². The van der Waals surface area contributed by atoms with Crippen molar-refractivity contribution in [2.24, 2.45) is 5.92 Å². The predicted molar refractivity (Wildman–Crippen MR) is 71.6 cm³/mol. The summed E-state index contributed by atoms with van der Waals surface area (Å²) in [4.78, 5) is 0. The number of rotatable bonds is 3. The van der Waals surface area contributed by atoms with Crippen LogP contribution in [0.15, 0.2) is 34.9 Å². The summed E-state index contributed by atoms with van der Waals surface area (Å²) in [5.74, 6) is 0.757. The van der Waals surface area contributed by atoms with E-state index in [-0.39, 0.29) is 12.5 Å². The Kier molecular flexibility index (Phi) is 3.35. The zero-order valence-corrected chi connectivity index (χ0v) is 10.4. The highest BCUT2D eigenvalue weighted by Gasteiger charge is 2.26. The molecule has 0 bridgehead atoms. The second kappa shape index (κ2) is 5.12. The van der Waals surface area contributed by atoms with Gasteiger partial charge < -0.3 is 14.8 Å². The molecule has 0 radical (unpaired) electrons. The van der Waals surface area contributed by atoms with Gasteiger partial charge in [0, 0.05) is 16.9 Å². The highest BCUT2D eigenvalue weighted by molar-refractivity contribution is 5.81. The first-order valence-corrected chi connectivity index (χ1v) is 6.68. The SMILES string of the molecule is OCC(c1coc2ccccc12)C1CCNCC1. The molecule has 3 nitrogen and oxygen atoms in total. The maximum Gasteiger partial charge on any atom is 0.134 e. The monoisotopic (exact) mass is 245 g/mol. The van der Waals surface area contributed by atoms with Crippen LogP contribution in [0.2, 0.25) is 0 Å². The van der Waals surface area contributed by atoms with Crippen LogP contribution in [0.5, 0.6) is 0 Å². The lowest BCUT2D eigenvalue weighted by Crippen LogP contribution is -2.31. The van der Waals surface area contributed by atoms with Crippen molar-refractivity contribution in [1.82, 2.24) is 5.32 Å². The normalized spacial score (nSPS) is 19.2. The second-order valence-corrected chi connectivity index (χ2v) is 5.06. The van der Waals surface area contributed by atoms with E-state index < -0.39 is 0 Å². The lowest BCUT2D eigenvalue weighted by atomic mass is 9.81. The fraction of sp³-hybridized carbons (Fsp3) is 0.467. The van der Waals surface area contributed by atoms with Crippen LogP contribution >= 0.6 is 0 Å². The van der Waals surface area contributed by atoms with Crippen molar-refractivity contribution in [2.45, 2.75) is 18.8 Å². The van der Waals surface area contributed by atoms with Gasteiger partial charge in [0.2, 0.25) is 0 Å². The van der Waals surface area contributed by atoms with Crippen molar-refractivity contribution in [1.29, 1.82) is 0 Å². The molecule has 0 saturated carbocycles. The average molecular weight is 245 g/mol. The first-order chi connectivity index (χ1) is 8.90. The van der Waals surface area contributed by atoms with Crippen molar-refractivity contribution < 1.29 is 9.52 Å². The number of para-hydroxylation sites is 1. The maximum absolute atomic E-state index is 9.75. The zero-order valence-electron chi connectivity index (χ0n) is 10.4. The summed E-state index contributed by atoms with van der Waals surface area (Å²) in [6.45, 7) is 2.31. The first-order valence-electron chi connectivity index (χ1n) is 6.68. The quantitative estimate of drug-likeness (QED) is 0.873. The van der Waals surface area contributed by atoms with Gasteiger partial charge in [0.1, 0.15) is 5.58 Å². The summed E-state index contributed by atoms with van der Waals surface area (Å²) in [6.07, 6.45) is 4.09. The van der Waals surface area contributed by atoms with Gasteiger partial charge in [-0.25, -0.2) is 0 Å². The van der Waals surface area contributed by atoms with Crippen molar-refractivity contribution in [3.8, 4) is 0 Å². The standard InChI is InChI=1S/C15H19NO2/c17-9-13(11-5-7-16-8-6-11)14-10-18-15-4-2-1-3-12(14)15/h1-4,10-11,13,16-17H,5-9H2. The van der Waals surface area contributed by atoms with Gasteiger partial charge in [-0.1, -0.05) is 18.2 Å². The first kappa shape index (κ1) is 11.8. The van der Waals surface area contributed by atoms with E-state index in [4.69, 9.17) is 4.42 Å². The molecular weight excluding hydrogens is 226 g/mol. The predicted octanol–water partition coefficient (Wildman–Crippen LogP) is 2.51. The van der Waals surface area contributed by atoms with Gasteiger partial charge in [-0.05, 0) is 37.9 Å². The molecule has 1 atom stereocenters. The zero-order chi connectivity index (χ0) is 12.4. The van der Waals surface area contributed by atoms with E-state index in [2.05, 4.69) is 11.4 Å². The van der Waals surface area contributed by atoms with Crippen LogP contribution in [0.1, 0.15) is 24.3 Å². The van der Waals surface area contributed by atoms with E-state index in [0.717, 1.165) is 36.9 Å². The number of aliphatic hydroxyl groups is 1. The van der Waals surface area contributed by atoms with E-state index >= 15 is 0 Å². The molecule has 0 amide bonds. The second-order valence-electron chi connectivity index (χ2n) is 5.06. The highest BCUT2D eigenvalue weighted by Crippen LogP contribution is 2.35. The van der Waals surface area contributed by atoms with Crippen LogP contribution in [-0.4, -0.2) is 24.8 Å². The summed E-state index contributed by atoms with van der Waals surface area (Å²) in [5.41, 5.74) is 2.08. The van der Waals surface area contributed by atoms with Gasteiger partial charge in [0.25, 0.3) is 0 Å². The lowest BCUT2D eigenvalue weighted by molar-refractivity contribution is 0.201. The van der Waals surface area contributed by atoms with Crippen molar-refractivity contribution >= 4 is 11.0 Å². The Bertz CT molecular complexity index is 514. The Morgan fingerprint density at radius 2 is 2.06 bits per heavy atom. The molecule has 2 aromatic rings. The van der Waals surface area contributed by atoms with Crippen LogP contribution < -0.4 is 5.32 Å². The number of nitrogens with one attached hydrogen (secondary N) is 1. The molecule has 1 unspecified atom stereocenters. The van der Waals surface area contributed by atoms with Crippen LogP contribution in [-0.2, 0) is 0 Å². The third-order valence-corrected chi connectivity index (χ3v) is 4.06. The maximum atomic E-state index is 9.75. The Hall–Kier alpha value is -1.32. The van der Waals surface area contributed by atoms with Crippen molar-refractivity contribution in [3.63, 3.8) is 0 Å². The number of piperidine rings is 1. The third kappa shape index (κ3) is 2.04. The number of hydrogen-bond donors (Lipinski definition) is 2. The minimum Gasteiger partial charge on any atom is -0.464 e. The van der Waals surface area contributed by atoms with Crippen molar-refractivity contribution in [3.05, 3.63) is 36.1 Å². The summed E-state index contributed by atoms with van der Waals surface area (Å²) in [6, 6.07) is 8.07. The molecule has 1 aromatic heterocycles. The van der Waals surface area contributed by atoms with Gasteiger partial charge in [0.05, 0.1) is 12.9 Å². The third-order valence-electron chi connectivity index (χ3n) is 4.06. The summed E-state index contributed by atoms with van der Waals surface area (Å²) < 4.78 is 5.60. The molecule has 2 N–H and O–H groups in total. The van der Waals surface area contributed by atoms with Gasteiger partial charge in [-0.3, -0.25) is 0 Å². The molecule has 3 rings (SSSR count). The van der Waals surface area contributed by atoms with E-state index in [1.165, 1.54) is 5.56 Å². The number of hydrogen-bond acceptors (Lipinski definition) is 3. The van der Waals surface area contributed by atoms with Crippen LogP contribution in [0.3, 0.4) is 0 Å². The van der Waals surface area contributed by atoms with Gasteiger partial charge >= 0.3 is 0 Å². The molecule has 1 fully saturated rings. The van der Waals surface area contributed by atoms with Crippen LogP contribution in [0.4, 0.5) is 0 Å². The number of furan rings is 1. The minimum atomic E-state index is 0.203. The number of aliphatic hydroxyl groups excluding tert-OH is 1. The molecule has 1 saturated heterocycles. The Morgan fingerprint density at radius 1 is 1.28 bits per heavy atom. The van der Waals surface area contributed by atoms with Crippen LogP contribution in [0.25, 0.3) is 11.0 Å². The van der Waals surface area contributed by atoms with E-state index in [1.54, 1.807) is 0 Å². The Balaban J connectivity index is 1.95. The summed E-state index contributed by atoms with van der Waals surface area (Å²) >= 11 is 0. The molecular formula is C15H19NO2. The molecule has 96 valence electrons. The highest BCUT2D eigenvalue weighted by atomic mass is 16.3. The van der Waals surface area contributed by atoms with Gasteiger partial charge in [-0.15, -0.1) is 0 Å². The molecule has 1 aliphatic heterocycles.